The SMILES string of the molecule is CCOC(=O)C(C)N1CCC[C@H](O)C1. The lowest BCUT2D eigenvalue weighted by molar-refractivity contribution is -0.150. The number of hydrogen-bond donors (Lipinski definition) is 1. The van der Waals surface area contributed by atoms with Crippen LogP contribution in [0.15, 0.2) is 0 Å². The van der Waals surface area contributed by atoms with E-state index >= 15 is 0 Å². The van der Waals surface area contributed by atoms with Crippen LogP contribution in [0.25, 0.3) is 0 Å². The maximum atomic E-state index is 11.4. The molecule has 82 valence electrons. The summed E-state index contributed by atoms with van der Waals surface area (Å²) in [4.78, 5) is 13.4. The smallest absolute Gasteiger partial charge is 0.323 e. The van der Waals surface area contributed by atoms with Crippen LogP contribution in [0.3, 0.4) is 0 Å². The van der Waals surface area contributed by atoms with Gasteiger partial charge in [0.25, 0.3) is 0 Å². The Morgan fingerprint density at radius 3 is 3.00 bits per heavy atom. The number of aliphatic hydroxyl groups is 1. The van der Waals surface area contributed by atoms with E-state index in [0.29, 0.717) is 13.2 Å². The molecule has 0 aromatic heterocycles. The zero-order valence-electron chi connectivity index (χ0n) is 8.90. The van der Waals surface area contributed by atoms with Gasteiger partial charge >= 0.3 is 5.97 Å². The van der Waals surface area contributed by atoms with Gasteiger partial charge in [-0.1, -0.05) is 0 Å². The van der Waals surface area contributed by atoms with Gasteiger partial charge in [0.2, 0.25) is 0 Å². The van der Waals surface area contributed by atoms with Gasteiger partial charge in [0.1, 0.15) is 6.04 Å². The average Bonchev–Trinajstić information content (AvgIpc) is 2.17. The third kappa shape index (κ3) is 2.96. The first kappa shape index (κ1) is 11.5. The van der Waals surface area contributed by atoms with Crippen molar-refractivity contribution in [1.29, 1.82) is 0 Å². The highest BCUT2D eigenvalue weighted by molar-refractivity contribution is 5.75. The topological polar surface area (TPSA) is 49.8 Å². The number of carbonyl (C=O) groups is 1. The van der Waals surface area contributed by atoms with Gasteiger partial charge in [-0.25, -0.2) is 0 Å². The first-order valence-corrected chi connectivity index (χ1v) is 5.24. The quantitative estimate of drug-likeness (QED) is 0.671. The van der Waals surface area contributed by atoms with Crippen molar-refractivity contribution in [2.24, 2.45) is 0 Å². The fourth-order valence-corrected chi connectivity index (χ4v) is 1.75. The van der Waals surface area contributed by atoms with Gasteiger partial charge in [0.05, 0.1) is 12.7 Å². The summed E-state index contributed by atoms with van der Waals surface area (Å²) in [5.74, 6) is -0.193. The molecule has 1 aliphatic rings. The number of likely N-dealkylation sites (tertiary alicyclic amines) is 1. The Morgan fingerprint density at radius 2 is 2.43 bits per heavy atom. The minimum atomic E-state index is -0.291. The van der Waals surface area contributed by atoms with Crippen molar-refractivity contribution < 1.29 is 14.6 Å². The molecular formula is C10H19NO3. The Kier molecular flexibility index (Phi) is 4.35. The van der Waals surface area contributed by atoms with Crippen molar-refractivity contribution in [3.05, 3.63) is 0 Å². The largest absolute Gasteiger partial charge is 0.465 e. The lowest BCUT2D eigenvalue weighted by Crippen LogP contribution is -2.47. The number of rotatable bonds is 3. The van der Waals surface area contributed by atoms with Crippen LogP contribution in [0.1, 0.15) is 26.7 Å². The van der Waals surface area contributed by atoms with Gasteiger partial charge in [-0.2, -0.15) is 0 Å². The predicted octanol–water partition coefficient (Wildman–Crippen LogP) is 0.395. The van der Waals surface area contributed by atoms with Crippen molar-refractivity contribution in [3.8, 4) is 0 Å². The van der Waals surface area contributed by atoms with Crippen molar-refractivity contribution in [3.63, 3.8) is 0 Å². The standard InChI is InChI=1S/C10H19NO3/c1-3-14-10(13)8(2)11-6-4-5-9(12)7-11/h8-9,12H,3-7H2,1-2H3/t8?,9-/m0/s1. The van der Waals surface area contributed by atoms with Crippen molar-refractivity contribution in [1.82, 2.24) is 4.90 Å². The summed E-state index contributed by atoms with van der Waals surface area (Å²) >= 11 is 0. The van der Waals surface area contributed by atoms with E-state index < -0.39 is 0 Å². The van der Waals surface area contributed by atoms with E-state index in [4.69, 9.17) is 4.74 Å². The number of nitrogens with zero attached hydrogens (tertiary/aromatic N) is 1. The number of aliphatic hydroxyl groups excluding tert-OH is 1. The highest BCUT2D eigenvalue weighted by atomic mass is 16.5. The molecule has 0 saturated carbocycles. The van der Waals surface area contributed by atoms with Crippen molar-refractivity contribution in [2.75, 3.05) is 19.7 Å². The molecule has 4 heteroatoms. The van der Waals surface area contributed by atoms with Crippen LogP contribution in [0, 0.1) is 0 Å². The molecule has 14 heavy (non-hydrogen) atoms. The first-order chi connectivity index (χ1) is 6.65. The molecule has 1 heterocycles. The third-order valence-electron chi connectivity index (χ3n) is 2.60. The Hall–Kier alpha value is -0.610. The summed E-state index contributed by atoms with van der Waals surface area (Å²) in [6.07, 6.45) is 1.50. The molecule has 1 N–H and O–H groups in total. The van der Waals surface area contributed by atoms with E-state index in [1.54, 1.807) is 6.92 Å². The molecule has 2 atom stereocenters. The van der Waals surface area contributed by atoms with Crippen LogP contribution in [-0.2, 0) is 9.53 Å². The second-order valence-electron chi connectivity index (χ2n) is 3.72. The molecule has 1 aliphatic heterocycles. The number of hydrogen-bond acceptors (Lipinski definition) is 4. The van der Waals surface area contributed by atoms with Crippen LogP contribution in [0.2, 0.25) is 0 Å². The molecule has 0 spiro atoms. The van der Waals surface area contributed by atoms with E-state index in [0.717, 1.165) is 19.4 Å². The number of ether oxygens (including phenoxy) is 1. The lowest BCUT2D eigenvalue weighted by atomic mass is 10.1. The average molecular weight is 201 g/mol. The molecule has 0 aliphatic carbocycles. The van der Waals surface area contributed by atoms with Crippen LogP contribution >= 0.6 is 0 Å². The molecule has 0 bridgehead atoms. The molecule has 4 nitrogen and oxygen atoms in total. The molecule has 0 radical (unpaired) electrons. The molecule has 1 unspecified atom stereocenters. The second-order valence-corrected chi connectivity index (χ2v) is 3.72. The maximum Gasteiger partial charge on any atom is 0.323 e. The lowest BCUT2D eigenvalue weighted by Gasteiger charge is -2.33. The summed E-state index contributed by atoms with van der Waals surface area (Å²) < 4.78 is 4.93. The monoisotopic (exact) mass is 201 g/mol. The van der Waals surface area contributed by atoms with E-state index in [1.165, 1.54) is 0 Å². The zero-order valence-corrected chi connectivity index (χ0v) is 8.90. The van der Waals surface area contributed by atoms with Gasteiger partial charge in [-0.3, -0.25) is 9.69 Å². The van der Waals surface area contributed by atoms with Gasteiger partial charge in [-0.15, -0.1) is 0 Å². The van der Waals surface area contributed by atoms with E-state index in [2.05, 4.69) is 0 Å². The van der Waals surface area contributed by atoms with E-state index in [-0.39, 0.29) is 18.1 Å². The predicted molar refractivity (Wildman–Crippen MR) is 52.9 cm³/mol. The van der Waals surface area contributed by atoms with Crippen molar-refractivity contribution in [2.45, 2.75) is 38.8 Å². The summed E-state index contributed by atoms with van der Waals surface area (Å²) in [5, 5.41) is 9.45. The van der Waals surface area contributed by atoms with Crippen molar-refractivity contribution >= 4 is 5.97 Å². The van der Waals surface area contributed by atoms with Crippen LogP contribution < -0.4 is 0 Å². The van der Waals surface area contributed by atoms with Gasteiger partial charge in [-0.05, 0) is 33.2 Å². The zero-order chi connectivity index (χ0) is 10.6. The van der Waals surface area contributed by atoms with Gasteiger partial charge in [0.15, 0.2) is 0 Å². The number of β-amino-alcohol motifs (C(OH)–C–C–N with tert-alkyl or cyclic N) is 1. The molecular weight excluding hydrogens is 182 g/mol. The summed E-state index contributed by atoms with van der Waals surface area (Å²) in [6, 6.07) is -0.232. The summed E-state index contributed by atoms with van der Waals surface area (Å²) in [6.45, 7) is 5.50. The molecule has 0 amide bonds. The highest BCUT2D eigenvalue weighted by Crippen LogP contribution is 2.13. The summed E-state index contributed by atoms with van der Waals surface area (Å²) in [7, 11) is 0. The van der Waals surface area contributed by atoms with E-state index in [1.807, 2.05) is 11.8 Å². The Balaban J connectivity index is 2.42. The fraction of sp³-hybridized carbons (Fsp3) is 0.900. The Labute approximate surface area is 84.8 Å². The second kappa shape index (κ2) is 5.32. The third-order valence-corrected chi connectivity index (χ3v) is 2.60. The molecule has 0 aromatic carbocycles. The van der Waals surface area contributed by atoms with Crippen LogP contribution in [0.4, 0.5) is 0 Å². The van der Waals surface area contributed by atoms with Gasteiger partial charge in [0, 0.05) is 6.54 Å². The molecule has 1 rings (SSSR count). The molecule has 0 aromatic rings. The number of esters is 1. The normalized spacial score (nSPS) is 25.8. The van der Waals surface area contributed by atoms with Crippen LogP contribution in [0.5, 0.6) is 0 Å². The Morgan fingerprint density at radius 1 is 1.71 bits per heavy atom. The van der Waals surface area contributed by atoms with E-state index in [9.17, 15) is 9.90 Å². The first-order valence-electron chi connectivity index (χ1n) is 5.24. The minimum Gasteiger partial charge on any atom is -0.465 e. The Bertz CT molecular complexity index is 196. The molecule has 1 saturated heterocycles. The minimum absolute atomic E-state index is 0.193. The number of piperidine rings is 1. The maximum absolute atomic E-state index is 11.4. The van der Waals surface area contributed by atoms with Crippen LogP contribution in [-0.4, -0.2) is 47.8 Å². The summed E-state index contributed by atoms with van der Waals surface area (Å²) in [5.41, 5.74) is 0. The fourth-order valence-electron chi connectivity index (χ4n) is 1.75. The molecule has 1 fully saturated rings. The number of carbonyl (C=O) groups excluding carboxylic acids is 1. The van der Waals surface area contributed by atoms with Gasteiger partial charge < -0.3 is 9.84 Å². The highest BCUT2D eigenvalue weighted by Gasteiger charge is 2.26.